The first-order valence-electron chi connectivity index (χ1n) is 6.01. The van der Waals surface area contributed by atoms with Crippen LogP contribution in [0.1, 0.15) is 18.0 Å². The Bertz CT molecular complexity index is 439. The van der Waals surface area contributed by atoms with Crippen LogP contribution in [0.4, 0.5) is 0 Å². The Kier molecular flexibility index (Phi) is 4.37. The van der Waals surface area contributed by atoms with E-state index in [1.807, 2.05) is 29.2 Å². The number of carbonyl (C=O) groups excluding carboxylic acids is 1. The molecule has 1 saturated heterocycles. The molecule has 2 rings (SSSR count). The van der Waals surface area contributed by atoms with Gasteiger partial charge >= 0.3 is 0 Å². The Labute approximate surface area is 115 Å². The predicted molar refractivity (Wildman–Crippen MR) is 72.8 cm³/mol. The number of halogens is 1. The van der Waals surface area contributed by atoms with Gasteiger partial charge in [-0.2, -0.15) is 0 Å². The average molecular weight is 313 g/mol. The van der Waals surface area contributed by atoms with Crippen LogP contribution >= 0.6 is 15.9 Å². The fourth-order valence-corrected chi connectivity index (χ4v) is 2.89. The maximum absolute atomic E-state index is 11.7. The van der Waals surface area contributed by atoms with Crippen molar-refractivity contribution in [2.24, 2.45) is 11.7 Å². The van der Waals surface area contributed by atoms with Crippen molar-refractivity contribution in [3.05, 3.63) is 34.3 Å². The Balaban J connectivity index is 2.22. The van der Waals surface area contributed by atoms with Gasteiger partial charge in [-0.25, -0.2) is 0 Å². The zero-order valence-electron chi connectivity index (χ0n) is 10.1. The van der Waals surface area contributed by atoms with Gasteiger partial charge in [-0.05, 0) is 36.6 Å². The highest BCUT2D eigenvalue weighted by Gasteiger charge is 2.32. The maximum atomic E-state index is 11.7. The summed E-state index contributed by atoms with van der Waals surface area (Å²) in [6.07, 6.45) is 0.911. The number of nitrogens with zero attached hydrogens (tertiary/aromatic N) is 1. The van der Waals surface area contributed by atoms with Gasteiger partial charge in [0.05, 0.1) is 0 Å². The molecule has 2 atom stereocenters. The monoisotopic (exact) mass is 312 g/mol. The minimum atomic E-state index is -0.404. The van der Waals surface area contributed by atoms with Gasteiger partial charge < -0.3 is 10.8 Å². The van der Waals surface area contributed by atoms with Gasteiger partial charge in [0, 0.05) is 17.6 Å². The molecular weight excluding hydrogens is 296 g/mol. The normalized spacial score (nSPS) is 22.0. The van der Waals surface area contributed by atoms with Crippen molar-refractivity contribution in [1.29, 1.82) is 0 Å². The molecule has 0 radical (unpaired) electrons. The number of primary amides is 1. The lowest BCUT2D eigenvalue weighted by atomic mass is 10.1. The number of likely N-dealkylation sites (tertiary alicyclic amines) is 1. The van der Waals surface area contributed by atoms with Crippen molar-refractivity contribution >= 4 is 21.8 Å². The molecule has 1 aromatic rings. The molecule has 18 heavy (non-hydrogen) atoms. The van der Waals surface area contributed by atoms with Crippen LogP contribution in [0, 0.1) is 5.92 Å². The fourth-order valence-electron chi connectivity index (χ4n) is 2.48. The molecule has 0 spiro atoms. The van der Waals surface area contributed by atoms with Gasteiger partial charge in [0.1, 0.15) is 6.04 Å². The van der Waals surface area contributed by atoms with E-state index in [-0.39, 0.29) is 18.4 Å². The average Bonchev–Trinajstić information content (AvgIpc) is 2.77. The van der Waals surface area contributed by atoms with E-state index >= 15 is 0 Å². The molecule has 5 heteroatoms. The van der Waals surface area contributed by atoms with Crippen molar-refractivity contribution in [3.8, 4) is 0 Å². The van der Waals surface area contributed by atoms with E-state index < -0.39 is 6.04 Å². The van der Waals surface area contributed by atoms with E-state index in [0.29, 0.717) is 0 Å². The third-order valence-electron chi connectivity index (χ3n) is 3.37. The van der Waals surface area contributed by atoms with Crippen LogP contribution in [-0.4, -0.2) is 35.6 Å². The number of amides is 1. The molecule has 1 aliphatic heterocycles. The largest absolute Gasteiger partial charge is 0.396 e. The van der Waals surface area contributed by atoms with Crippen molar-refractivity contribution in [1.82, 2.24) is 4.90 Å². The number of nitrogens with two attached hydrogens (primary N) is 1. The highest BCUT2D eigenvalue weighted by atomic mass is 79.9. The zero-order chi connectivity index (χ0) is 13.1. The summed E-state index contributed by atoms with van der Waals surface area (Å²) in [7, 11) is 0. The van der Waals surface area contributed by atoms with Gasteiger partial charge in [0.25, 0.3) is 0 Å². The van der Waals surface area contributed by atoms with Crippen molar-refractivity contribution in [2.45, 2.75) is 12.5 Å². The van der Waals surface area contributed by atoms with Gasteiger partial charge in [-0.15, -0.1) is 0 Å². The summed E-state index contributed by atoms with van der Waals surface area (Å²) < 4.78 is 0.934. The Morgan fingerprint density at radius 3 is 2.94 bits per heavy atom. The fraction of sp³-hybridized carbons (Fsp3) is 0.462. The summed E-state index contributed by atoms with van der Waals surface area (Å²) in [5.74, 6) is -0.0920. The Morgan fingerprint density at radius 2 is 2.39 bits per heavy atom. The Morgan fingerprint density at radius 1 is 1.61 bits per heavy atom. The van der Waals surface area contributed by atoms with Crippen LogP contribution in [0.3, 0.4) is 0 Å². The summed E-state index contributed by atoms with van der Waals surface area (Å²) in [6, 6.07) is 7.24. The van der Waals surface area contributed by atoms with E-state index in [1.54, 1.807) is 0 Å². The minimum absolute atomic E-state index is 0.167. The van der Waals surface area contributed by atoms with Gasteiger partial charge in [0.2, 0.25) is 5.91 Å². The van der Waals surface area contributed by atoms with Crippen molar-refractivity contribution in [2.75, 3.05) is 19.7 Å². The van der Waals surface area contributed by atoms with Crippen LogP contribution in [0.15, 0.2) is 28.7 Å². The molecule has 1 heterocycles. The smallest absolute Gasteiger partial charge is 0.239 e. The summed E-state index contributed by atoms with van der Waals surface area (Å²) in [4.78, 5) is 13.7. The van der Waals surface area contributed by atoms with Crippen LogP contribution in [0.2, 0.25) is 0 Å². The molecular formula is C13H17BrN2O2. The van der Waals surface area contributed by atoms with Crippen molar-refractivity contribution < 1.29 is 9.90 Å². The molecule has 0 bridgehead atoms. The number of carbonyl (C=O) groups is 1. The molecule has 1 aliphatic rings. The first-order chi connectivity index (χ1) is 8.61. The van der Waals surface area contributed by atoms with Crippen molar-refractivity contribution in [3.63, 3.8) is 0 Å². The molecule has 0 aromatic heterocycles. The van der Waals surface area contributed by atoms with Gasteiger partial charge in [-0.1, -0.05) is 28.1 Å². The number of aliphatic hydroxyl groups is 1. The van der Waals surface area contributed by atoms with Crippen LogP contribution in [0.5, 0.6) is 0 Å². The third kappa shape index (κ3) is 2.91. The molecule has 98 valence electrons. The summed E-state index contributed by atoms with van der Waals surface area (Å²) in [6.45, 7) is 1.68. The molecule has 1 amide bonds. The topological polar surface area (TPSA) is 66.6 Å². The quantitative estimate of drug-likeness (QED) is 0.880. The number of hydrogen-bond acceptors (Lipinski definition) is 3. The summed E-state index contributed by atoms with van der Waals surface area (Å²) in [5.41, 5.74) is 6.43. The maximum Gasteiger partial charge on any atom is 0.239 e. The second-order valence-electron chi connectivity index (χ2n) is 4.69. The van der Waals surface area contributed by atoms with Gasteiger partial charge in [-0.3, -0.25) is 9.69 Å². The number of benzene rings is 1. The number of hydrogen-bond donors (Lipinski definition) is 2. The van der Waals surface area contributed by atoms with E-state index in [2.05, 4.69) is 15.9 Å². The summed E-state index contributed by atoms with van der Waals surface area (Å²) in [5, 5.41) is 9.17. The molecule has 0 aliphatic carbocycles. The molecule has 4 nitrogen and oxygen atoms in total. The second-order valence-corrected chi connectivity index (χ2v) is 5.61. The molecule has 3 N–H and O–H groups in total. The highest BCUT2D eigenvalue weighted by Crippen LogP contribution is 2.28. The number of aliphatic hydroxyl groups excluding tert-OH is 1. The second kappa shape index (κ2) is 5.82. The lowest BCUT2D eigenvalue weighted by molar-refractivity contribution is -0.123. The van der Waals surface area contributed by atoms with Crippen LogP contribution < -0.4 is 5.73 Å². The SMILES string of the molecule is NC(=O)C(c1cccc(Br)c1)N1CCC(CO)C1. The lowest BCUT2D eigenvalue weighted by Gasteiger charge is -2.25. The van der Waals surface area contributed by atoms with Crippen LogP contribution in [-0.2, 0) is 4.79 Å². The first kappa shape index (κ1) is 13.5. The Hall–Kier alpha value is -0.910. The van der Waals surface area contributed by atoms with E-state index in [1.165, 1.54) is 0 Å². The molecule has 0 saturated carbocycles. The molecule has 2 unspecified atom stereocenters. The van der Waals surface area contributed by atoms with Crippen LogP contribution in [0.25, 0.3) is 0 Å². The van der Waals surface area contributed by atoms with E-state index in [0.717, 1.165) is 29.5 Å². The van der Waals surface area contributed by atoms with E-state index in [4.69, 9.17) is 10.8 Å². The number of rotatable bonds is 4. The zero-order valence-corrected chi connectivity index (χ0v) is 11.6. The standard InChI is InChI=1S/C13H17BrN2O2/c14-11-3-1-2-10(6-11)12(13(15)18)16-5-4-9(7-16)8-17/h1-3,6,9,12,17H,4-5,7-8H2,(H2,15,18). The lowest BCUT2D eigenvalue weighted by Crippen LogP contribution is -2.36. The summed E-state index contributed by atoms with van der Waals surface area (Å²) >= 11 is 3.40. The van der Waals surface area contributed by atoms with Gasteiger partial charge in [0.15, 0.2) is 0 Å². The molecule has 1 fully saturated rings. The minimum Gasteiger partial charge on any atom is -0.396 e. The van der Waals surface area contributed by atoms with E-state index in [9.17, 15) is 4.79 Å². The third-order valence-corrected chi connectivity index (χ3v) is 3.87. The predicted octanol–water partition coefficient (Wildman–Crippen LogP) is 1.29. The molecule has 1 aromatic carbocycles. The first-order valence-corrected chi connectivity index (χ1v) is 6.81. The highest BCUT2D eigenvalue weighted by molar-refractivity contribution is 9.10.